The van der Waals surface area contributed by atoms with Crippen LogP contribution in [0.25, 0.3) is 0 Å². The van der Waals surface area contributed by atoms with Gasteiger partial charge in [0.05, 0.1) is 17.9 Å². The van der Waals surface area contributed by atoms with Crippen LogP contribution in [0.3, 0.4) is 0 Å². The minimum atomic E-state index is -0.799. The number of carboxylic acids is 2. The first kappa shape index (κ1) is 14.8. The van der Waals surface area contributed by atoms with Crippen molar-refractivity contribution in [2.75, 3.05) is 0 Å². The number of primary amides is 1. The Labute approximate surface area is 116 Å². The number of carboxylic acid groups (broad SMARTS) is 2. The molecule has 0 aromatic heterocycles. The third-order valence-electron chi connectivity index (χ3n) is 4.82. The van der Waals surface area contributed by atoms with E-state index in [0.29, 0.717) is 0 Å². The quantitative estimate of drug-likeness (QED) is 0.557. The van der Waals surface area contributed by atoms with Gasteiger partial charge in [-0.2, -0.15) is 0 Å². The van der Waals surface area contributed by atoms with Crippen LogP contribution >= 0.6 is 0 Å². The van der Waals surface area contributed by atoms with Gasteiger partial charge in [-0.15, -0.1) is 0 Å². The van der Waals surface area contributed by atoms with Crippen LogP contribution in [0.15, 0.2) is 0 Å². The predicted molar refractivity (Wildman–Crippen MR) is 68.4 cm³/mol. The molecule has 3 aliphatic carbocycles. The molecule has 0 heterocycles. The van der Waals surface area contributed by atoms with Gasteiger partial charge in [0.1, 0.15) is 0 Å². The van der Waals surface area contributed by atoms with E-state index in [2.05, 4.69) is 5.73 Å². The summed E-state index contributed by atoms with van der Waals surface area (Å²) >= 11 is 0. The standard InChI is InChI=1S/C10H12O4.C3H8N2O/c11-8(12)4-3-10(1-2-10)7-5(4)6(7)9(13)14;1-2(4)3(5)6/h4-7H,1-3H2,(H,11,12)(H,13,14);2H,4H2,1H3,(H2,5,6). The van der Waals surface area contributed by atoms with Crippen LogP contribution in [-0.2, 0) is 14.4 Å². The van der Waals surface area contributed by atoms with E-state index in [1.54, 1.807) is 6.92 Å². The molecule has 1 amide bonds. The summed E-state index contributed by atoms with van der Waals surface area (Å²) in [6, 6.07) is -0.509. The van der Waals surface area contributed by atoms with Crippen molar-refractivity contribution in [3.8, 4) is 0 Å². The van der Waals surface area contributed by atoms with Gasteiger partial charge in [0.15, 0.2) is 0 Å². The second-order valence-electron chi connectivity index (χ2n) is 6.17. The van der Waals surface area contributed by atoms with Crippen molar-refractivity contribution in [3.63, 3.8) is 0 Å². The first-order chi connectivity index (χ1) is 9.21. The number of rotatable bonds is 3. The van der Waals surface area contributed by atoms with Crippen molar-refractivity contribution in [1.29, 1.82) is 0 Å². The van der Waals surface area contributed by atoms with Crippen LogP contribution in [-0.4, -0.2) is 34.1 Å². The monoisotopic (exact) mass is 284 g/mol. The van der Waals surface area contributed by atoms with E-state index in [4.69, 9.17) is 15.9 Å². The molecular weight excluding hydrogens is 264 g/mol. The van der Waals surface area contributed by atoms with E-state index < -0.39 is 23.9 Å². The fourth-order valence-corrected chi connectivity index (χ4v) is 3.60. The molecule has 3 saturated carbocycles. The van der Waals surface area contributed by atoms with Gasteiger partial charge >= 0.3 is 11.9 Å². The zero-order valence-corrected chi connectivity index (χ0v) is 11.3. The van der Waals surface area contributed by atoms with Crippen LogP contribution in [0.5, 0.6) is 0 Å². The van der Waals surface area contributed by atoms with Crippen molar-refractivity contribution in [2.45, 2.75) is 32.2 Å². The molecule has 5 atom stereocenters. The maximum absolute atomic E-state index is 10.9. The molecule has 0 radical (unpaired) electrons. The highest BCUT2D eigenvalue weighted by Gasteiger charge is 2.76. The molecule has 7 heteroatoms. The number of hydrogen-bond acceptors (Lipinski definition) is 4. The lowest BCUT2D eigenvalue weighted by Crippen LogP contribution is -2.32. The van der Waals surface area contributed by atoms with E-state index in [-0.39, 0.29) is 29.1 Å². The van der Waals surface area contributed by atoms with Gasteiger partial charge in [0.25, 0.3) is 0 Å². The van der Waals surface area contributed by atoms with Gasteiger partial charge < -0.3 is 21.7 Å². The lowest BCUT2D eigenvalue weighted by molar-refractivity contribution is -0.144. The van der Waals surface area contributed by atoms with Crippen molar-refractivity contribution in [1.82, 2.24) is 0 Å². The van der Waals surface area contributed by atoms with Crippen molar-refractivity contribution < 1.29 is 24.6 Å². The number of fused-ring (bicyclic) bond motifs is 2. The van der Waals surface area contributed by atoms with E-state index in [1.807, 2.05) is 0 Å². The first-order valence-corrected chi connectivity index (χ1v) is 6.72. The number of carbonyl (C=O) groups is 3. The zero-order chi connectivity index (χ0) is 15.2. The summed E-state index contributed by atoms with van der Waals surface area (Å²) in [7, 11) is 0. The largest absolute Gasteiger partial charge is 0.481 e. The lowest BCUT2D eigenvalue weighted by atomic mass is 9.91. The summed E-state index contributed by atoms with van der Waals surface area (Å²) in [5.41, 5.74) is 9.75. The van der Waals surface area contributed by atoms with Crippen LogP contribution in [0, 0.1) is 29.1 Å². The topological polar surface area (TPSA) is 144 Å². The SMILES string of the molecule is CC(N)C(N)=O.O=C(O)C1CC2(CC2)C2C(C(=O)O)C12. The van der Waals surface area contributed by atoms with Gasteiger partial charge in [0.2, 0.25) is 5.91 Å². The van der Waals surface area contributed by atoms with E-state index in [0.717, 1.165) is 19.3 Å². The van der Waals surface area contributed by atoms with Crippen LogP contribution in [0.1, 0.15) is 26.2 Å². The van der Waals surface area contributed by atoms with Crippen molar-refractivity contribution in [2.24, 2.45) is 40.6 Å². The molecule has 0 aromatic rings. The lowest BCUT2D eigenvalue weighted by Gasteiger charge is -2.13. The van der Waals surface area contributed by atoms with Gasteiger partial charge in [-0.05, 0) is 43.4 Å². The molecule has 0 saturated heterocycles. The van der Waals surface area contributed by atoms with E-state index in [9.17, 15) is 14.4 Å². The Bertz CT molecular complexity index is 458. The normalized spacial score (nSPS) is 36.3. The summed E-state index contributed by atoms with van der Waals surface area (Å²) in [5, 5.41) is 17.9. The van der Waals surface area contributed by atoms with Crippen molar-refractivity contribution >= 4 is 17.8 Å². The predicted octanol–water partition coefficient (Wildman–Crippen LogP) is -0.363. The Kier molecular flexibility index (Phi) is 3.49. The zero-order valence-electron chi connectivity index (χ0n) is 11.3. The second-order valence-corrected chi connectivity index (χ2v) is 6.17. The number of aliphatic carboxylic acids is 2. The molecule has 3 aliphatic rings. The third-order valence-corrected chi connectivity index (χ3v) is 4.82. The fraction of sp³-hybridized carbons (Fsp3) is 0.769. The maximum atomic E-state index is 10.9. The van der Waals surface area contributed by atoms with Gasteiger partial charge in [-0.3, -0.25) is 14.4 Å². The number of hydrogen-bond donors (Lipinski definition) is 4. The number of amides is 1. The third kappa shape index (κ3) is 2.37. The smallest absolute Gasteiger partial charge is 0.307 e. The average molecular weight is 284 g/mol. The van der Waals surface area contributed by atoms with Crippen LogP contribution in [0.2, 0.25) is 0 Å². The van der Waals surface area contributed by atoms with E-state index >= 15 is 0 Å². The molecular formula is C13H20N2O5. The number of carbonyl (C=O) groups excluding carboxylic acids is 1. The molecule has 3 rings (SSSR count). The highest BCUT2D eigenvalue weighted by Crippen LogP contribution is 2.77. The highest BCUT2D eigenvalue weighted by atomic mass is 16.4. The van der Waals surface area contributed by atoms with Crippen molar-refractivity contribution in [3.05, 3.63) is 0 Å². The van der Waals surface area contributed by atoms with Crippen LogP contribution in [0.4, 0.5) is 0 Å². The summed E-state index contributed by atoms with van der Waals surface area (Å²) < 4.78 is 0. The summed E-state index contributed by atoms with van der Waals surface area (Å²) in [5.74, 6) is -2.68. The van der Waals surface area contributed by atoms with Gasteiger partial charge in [-0.25, -0.2) is 0 Å². The molecule has 3 fully saturated rings. The number of nitrogens with two attached hydrogens (primary N) is 2. The maximum Gasteiger partial charge on any atom is 0.307 e. The minimum absolute atomic E-state index is 0.0625. The van der Waals surface area contributed by atoms with Crippen LogP contribution < -0.4 is 11.5 Å². The Balaban J connectivity index is 0.000000212. The first-order valence-electron chi connectivity index (χ1n) is 6.72. The average Bonchev–Trinajstić information content (AvgIpc) is 3.16. The molecule has 0 aliphatic heterocycles. The Morgan fingerprint density at radius 2 is 1.70 bits per heavy atom. The fourth-order valence-electron chi connectivity index (χ4n) is 3.60. The molecule has 112 valence electrons. The summed E-state index contributed by atoms with van der Waals surface area (Å²) in [6.45, 7) is 1.54. The molecule has 1 spiro atoms. The molecule has 0 aromatic carbocycles. The molecule has 0 bridgehead atoms. The van der Waals surface area contributed by atoms with Gasteiger partial charge in [0, 0.05) is 0 Å². The second kappa shape index (κ2) is 4.73. The molecule has 6 N–H and O–H groups in total. The Morgan fingerprint density at radius 3 is 2.00 bits per heavy atom. The molecule has 7 nitrogen and oxygen atoms in total. The van der Waals surface area contributed by atoms with Gasteiger partial charge in [-0.1, -0.05) is 0 Å². The Morgan fingerprint density at radius 1 is 1.20 bits per heavy atom. The minimum Gasteiger partial charge on any atom is -0.481 e. The summed E-state index contributed by atoms with van der Waals surface area (Å²) in [4.78, 5) is 31.6. The summed E-state index contributed by atoms with van der Waals surface area (Å²) in [6.07, 6.45) is 2.81. The highest BCUT2D eigenvalue weighted by molar-refractivity contribution is 5.80. The Hall–Kier alpha value is -1.63. The molecule has 20 heavy (non-hydrogen) atoms. The van der Waals surface area contributed by atoms with E-state index in [1.165, 1.54) is 0 Å². The molecule has 5 unspecified atom stereocenters.